The van der Waals surface area contributed by atoms with Gasteiger partial charge in [-0.2, -0.15) is 8.42 Å². The third-order valence-electron chi connectivity index (χ3n) is 5.23. The van der Waals surface area contributed by atoms with Crippen LogP contribution in [0.3, 0.4) is 0 Å². The van der Waals surface area contributed by atoms with Crippen LogP contribution in [0.2, 0.25) is 5.02 Å². The monoisotopic (exact) mass is 473 g/mol. The van der Waals surface area contributed by atoms with Crippen molar-refractivity contribution in [3.8, 4) is 0 Å². The van der Waals surface area contributed by atoms with Gasteiger partial charge in [-0.15, -0.1) is 0 Å². The Morgan fingerprint density at radius 1 is 1.19 bits per heavy atom. The zero-order chi connectivity index (χ0) is 23.0. The lowest BCUT2D eigenvalue weighted by atomic mass is 9.71. The van der Waals surface area contributed by atoms with Gasteiger partial charge in [0.15, 0.2) is 5.82 Å². The molecule has 1 unspecified atom stereocenters. The highest BCUT2D eigenvalue weighted by Crippen LogP contribution is 2.42. The number of rotatable bonds is 3. The molecule has 2 aliphatic heterocycles. The molecule has 1 amide bonds. The fourth-order valence-electron chi connectivity index (χ4n) is 3.63. The maximum atomic E-state index is 15.4. The van der Waals surface area contributed by atoms with E-state index in [9.17, 15) is 17.6 Å². The molecule has 2 aromatic carbocycles. The van der Waals surface area contributed by atoms with E-state index in [4.69, 9.17) is 16.2 Å². The molecule has 7 nitrogen and oxygen atoms in total. The van der Waals surface area contributed by atoms with Crippen LogP contribution < -0.4 is 16.0 Å². The van der Waals surface area contributed by atoms with Crippen LogP contribution >= 0.6 is 11.6 Å². The summed E-state index contributed by atoms with van der Waals surface area (Å²) < 4.78 is 56.0. The minimum absolute atomic E-state index is 0.0302. The SMILES string of the molecule is CC1(c2cccc(Cl)c2F)CNC(=O)c2ccc(NC3CNC3)c(F)c21.CS(=O)(=O)O. The molecule has 1 saturated heterocycles. The summed E-state index contributed by atoms with van der Waals surface area (Å²) in [5.74, 6) is -1.48. The van der Waals surface area contributed by atoms with Crippen LogP contribution in [0, 0.1) is 11.6 Å². The number of nitrogens with one attached hydrogen (secondary N) is 3. The minimum atomic E-state index is -3.67. The van der Waals surface area contributed by atoms with Crippen LogP contribution in [-0.4, -0.2) is 50.8 Å². The van der Waals surface area contributed by atoms with Crippen molar-refractivity contribution in [1.82, 2.24) is 10.6 Å². The average Bonchev–Trinajstić information content (AvgIpc) is 2.63. The standard InChI is InChI=1S/C19H18ClF2N3O.CH4O3S/c1-19(12-3-2-4-13(20)16(12)21)9-24-18(26)11-5-6-14(17(22)15(11)19)25-10-7-23-8-10;1-5(2,3)4/h2-6,10,23,25H,7-9H2,1H3,(H,24,26);1H3,(H,2,3,4). The average molecular weight is 474 g/mol. The zero-order valence-electron chi connectivity index (χ0n) is 16.8. The van der Waals surface area contributed by atoms with Gasteiger partial charge in [0.1, 0.15) is 5.82 Å². The summed E-state index contributed by atoms with van der Waals surface area (Å²) in [5.41, 5.74) is -0.0865. The third-order valence-corrected chi connectivity index (χ3v) is 5.52. The first kappa shape index (κ1) is 23.4. The molecule has 31 heavy (non-hydrogen) atoms. The van der Waals surface area contributed by atoms with Gasteiger partial charge >= 0.3 is 0 Å². The predicted molar refractivity (Wildman–Crippen MR) is 114 cm³/mol. The number of anilines is 1. The lowest BCUT2D eigenvalue weighted by Crippen LogP contribution is -2.52. The molecule has 1 atom stereocenters. The number of hydrogen-bond donors (Lipinski definition) is 4. The van der Waals surface area contributed by atoms with Crippen molar-refractivity contribution in [2.24, 2.45) is 0 Å². The molecule has 168 valence electrons. The molecule has 0 spiro atoms. The summed E-state index contributed by atoms with van der Waals surface area (Å²) in [6.07, 6.45) is 0.715. The van der Waals surface area contributed by atoms with Crippen molar-refractivity contribution in [3.05, 3.63) is 63.7 Å². The maximum Gasteiger partial charge on any atom is 0.261 e. The Labute approximate surface area is 183 Å². The summed E-state index contributed by atoms with van der Waals surface area (Å²) >= 11 is 5.94. The second-order valence-electron chi connectivity index (χ2n) is 7.70. The number of carbonyl (C=O) groups is 1. The molecule has 2 aliphatic rings. The predicted octanol–water partition coefficient (Wildman–Crippen LogP) is 2.56. The Balaban J connectivity index is 0.000000491. The van der Waals surface area contributed by atoms with Crippen molar-refractivity contribution in [3.63, 3.8) is 0 Å². The number of benzene rings is 2. The van der Waals surface area contributed by atoms with Crippen molar-refractivity contribution in [1.29, 1.82) is 0 Å². The molecule has 0 saturated carbocycles. The van der Waals surface area contributed by atoms with Gasteiger partial charge in [-0.3, -0.25) is 9.35 Å². The number of amides is 1. The molecule has 0 aliphatic carbocycles. The molecule has 4 N–H and O–H groups in total. The van der Waals surface area contributed by atoms with E-state index < -0.39 is 27.2 Å². The molecular weight excluding hydrogens is 452 g/mol. The molecule has 1 fully saturated rings. The van der Waals surface area contributed by atoms with Gasteiger partial charge in [0.2, 0.25) is 0 Å². The fraction of sp³-hybridized carbons (Fsp3) is 0.350. The Hall–Kier alpha value is -2.27. The summed E-state index contributed by atoms with van der Waals surface area (Å²) in [5, 5.41) is 8.96. The highest BCUT2D eigenvalue weighted by molar-refractivity contribution is 7.85. The Kier molecular flexibility index (Phi) is 6.56. The molecule has 0 aromatic heterocycles. The van der Waals surface area contributed by atoms with E-state index in [1.165, 1.54) is 6.07 Å². The normalized spacial score (nSPS) is 20.6. The van der Waals surface area contributed by atoms with Gasteiger partial charge in [0.05, 0.1) is 23.0 Å². The van der Waals surface area contributed by atoms with E-state index in [1.54, 1.807) is 31.2 Å². The van der Waals surface area contributed by atoms with Gasteiger partial charge in [-0.25, -0.2) is 8.78 Å². The van der Waals surface area contributed by atoms with E-state index in [0.29, 0.717) is 11.9 Å². The fourth-order valence-corrected chi connectivity index (χ4v) is 3.80. The first-order valence-electron chi connectivity index (χ1n) is 9.37. The third kappa shape index (κ3) is 4.98. The van der Waals surface area contributed by atoms with Crippen molar-refractivity contribution < 1.29 is 26.5 Å². The smallest absolute Gasteiger partial charge is 0.261 e. The van der Waals surface area contributed by atoms with Gasteiger partial charge in [0, 0.05) is 41.7 Å². The van der Waals surface area contributed by atoms with Crippen LogP contribution in [0.4, 0.5) is 14.5 Å². The van der Waals surface area contributed by atoms with Crippen LogP contribution in [0.25, 0.3) is 0 Å². The topological polar surface area (TPSA) is 108 Å². The van der Waals surface area contributed by atoms with Crippen molar-refractivity contribution >= 4 is 33.3 Å². The van der Waals surface area contributed by atoms with Crippen LogP contribution in [0.5, 0.6) is 0 Å². The first-order valence-corrected chi connectivity index (χ1v) is 11.6. The minimum Gasteiger partial charge on any atom is -0.377 e. The number of fused-ring (bicyclic) bond motifs is 1. The summed E-state index contributed by atoms with van der Waals surface area (Å²) in [6, 6.07) is 7.94. The molecule has 2 aromatic rings. The van der Waals surface area contributed by atoms with Gasteiger partial charge in [-0.05, 0) is 25.1 Å². The molecule has 11 heteroatoms. The summed E-state index contributed by atoms with van der Waals surface area (Å²) in [6.45, 7) is 3.30. The highest BCUT2D eigenvalue weighted by Gasteiger charge is 2.42. The van der Waals surface area contributed by atoms with Gasteiger partial charge in [0.25, 0.3) is 16.0 Å². The van der Waals surface area contributed by atoms with E-state index in [1.807, 2.05) is 0 Å². The number of halogens is 3. The largest absolute Gasteiger partial charge is 0.377 e. The van der Waals surface area contributed by atoms with Gasteiger partial charge in [-0.1, -0.05) is 23.7 Å². The second kappa shape index (κ2) is 8.70. The Morgan fingerprint density at radius 3 is 2.42 bits per heavy atom. The maximum absolute atomic E-state index is 15.4. The number of hydrogen-bond acceptors (Lipinski definition) is 5. The van der Waals surface area contributed by atoms with E-state index in [2.05, 4.69) is 16.0 Å². The van der Waals surface area contributed by atoms with Crippen LogP contribution in [-0.2, 0) is 15.5 Å². The van der Waals surface area contributed by atoms with E-state index >= 15 is 4.39 Å². The molecule has 0 radical (unpaired) electrons. The quantitative estimate of drug-likeness (QED) is 0.510. The van der Waals surface area contributed by atoms with Crippen molar-refractivity contribution in [2.45, 2.75) is 18.4 Å². The molecule has 4 rings (SSSR count). The number of carbonyl (C=O) groups excluding carboxylic acids is 1. The van der Waals surface area contributed by atoms with Crippen LogP contribution in [0.1, 0.15) is 28.4 Å². The lowest BCUT2D eigenvalue weighted by Gasteiger charge is -2.38. The van der Waals surface area contributed by atoms with Gasteiger partial charge < -0.3 is 16.0 Å². The van der Waals surface area contributed by atoms with E-state index in [0.717, 1.165) is 13.1 Å². The first-order chi connectivity index (χ1) is 14.4. The molecule has 0 bridgehead atoms. The molecular formula is C20H22ClF2N3O4S. The summed E-state index contributed by atoms with van der Waals surface area (Å²) in [4.78, 5) is 12.3. The zero-order valence-corrected chi connectivity index (χ0v) is 18.4. The lowest BCUT2D eigenvalue weighted by molar-refractivity contribution is 0.0930. The summed E-state index contributed by atoms with van der Waals surface area (Å²) in [7, 11) is -3.67. The van der Waals surface area contributed by atoms with E-state index in [-0.39, 0.29) is 40.2 Å². The molecule has 2 heterocycles. The Morgan fingerprint density at radius 2 is 1.84 bits per heavy atom. The van der Waals surface area contributed by atoms with Crippen molar-refractivity contribution in [2.75, 3.05) is 31.2 Å². The Bertz CT molecular complexity index is 1120. The second-order valence-corrected chi connectivity index (χ2v) is 9.57. The van der Waals surface area contributed by atoms with Crippen LogP contribution in [0.15, 0.2) is 30.3 Å². The highest BCUT2D eigenvalue weighted by atomic mass is 35.5.